The maximum absolute atomic E-state index is 5.94. The molecule has 0 aromatic rings. The quantitative estimate of drug-likeness (QED) is 0.545. The molecule has 1 fully saturated rings. The zero-order chi connectivity index (χ0) is 9.41. The Labute approximate surface area is 75.7 Å². The Kier molecular flexibility index (Phi) is 2.50. The first-order chi connectivity index (χ1) is 5.31. The van der Waals surface area contributed by atoms with E-state index >= 15 is 0 Å². The van der Waals surface area contributed by atoms with Crippen molar-refractivity contribution in [2.75, 3.05) is 0 Å². The number of rotatable bonds is 0. The van der Waals surface area contributed by atoms with E-state index in [4.69, 9.17) is 11.5 Å². The minimum absolute atomic E-state index is 0.365. The molecule has 0 aliphatic heterocycles. The fourth-order valence-electron chi connectivity index (χ4n) is 2.08. The molecule has 1 unspecified atom stereocenters. The van der Waals surface area contributed by atoms with Crippen LogP contribution in [0.2, 0.25) is 0 Å². The Morgan fingerprint density at radius 1 is 1.25 bits per heavy atom. The van der Waals surface area contributed by atoms with Gasteiger partial charge in [-0.1, -0.05) is 20.8 Å². The second kappa shape index (κ2) is 3.00. The lowest BCUT2D eigenvalue weighted by atomic mass is 9.69. The van der Waals surface area contributed by atoms with Crippen LogP contribution in [0.4, 0.5) is 0 Å². The van der Waals surface area contributed by atoms with Crippen LogP contribution in [0.15, 0.2) is 0 Å². The third-order valence-corrected chi connectivity index (χ3v) is 3.05. The summed E-state index contributed by atoms with van der Waals surface area (Å²) in [6.45, 7) is 6.83. The smallest absolute Gasteiger partial charge is 0.0639 e. The molecule has 1 atom stereocenters. The van der Waals surface area contributed by atoms with Crippen LogP contribution in [0, 0.1) is 11.3 Å². The summed E-state index contributed by atoms with van der Waals surface area (Å²) >= 11 is 0. The predicted octanol–water partition coefficient (Wildman–Crippen LogP) is 1.84. The van der Waals surface area contributed by atoms with Crippen molar-refractivity contribution in [1.29, 1.82) is 0 Å². The van der Waals surface area contributed by atoms with Crippen LogP contribution in [-0.2, 0) is 0 Å². The molecule has 0 aromatic heterocycles. The summed E-state index contributed by atoms with van der Waals surface area (Å²) in [5.41, 5.74) is 11.9. The summed E-state index contributed by atoms with van der Waals surface area (Å²) in [7, 11) is 0. The van der Waals surface area contributed by atoms with Gasteiger partial charge in [-0.25, -0.2) is 0 Å². The zero-order valence-electron chi connectivity index (χ0n) is 8.56. The Morgan fingerprint density at radius 2 is 1.83 bits per heavy atom. The molecule has 2 nitrogen and oxygen atoms in total. The van der Waals surface area contributed by atoms with Crippen LogP contribution in [0.25, 0.3) is 0 Å². The molecule has 0 radical (unpaired) electrons. The standard InChI is InChI=1S/C10H22N2/c1-9(2,3)8-5-4-6-10(11,12)7-8/h8H,4-7,11-12H2,1-3H3. The zero-order valence-corrected chi connectivity index (χ0v) is 8.56. The molecular formula is C10H22N2. The van der Waals surface area contributed by atoms with Gasteiger partial charge in [-0.2, -0.15) is 0 Å². The minimum Gasteiger partial charge on any atom is -0.313 e. The minimum atomic E-state index is -0.393. The SMILES string of the molecule is CC(C)(C)C1CCCC(N)(N)C1. The normalized spacial score (nSPS) is 30.2. The summed E-state index contributed by atoms with van der Waals surface area (Å²) in [4.78, 5) is 0. The molecule has 0 aromatic carbocycles. The second-order valence-corrected chi connectivity index (χ2v) is 5.39. The van der Waals surface area contributed by atoms with Crippen LogP contribution < -0.4 is 11.5 Å². The van der Waals surface area contributed by atoms with Crippen LogP contribution in [0.5, 0.6) is 0 Å². The summed E-state index contributed by atoms with van der Waals surface area (Å²) in [5, 5.41) is 0. The van der Waals surface area contributed by atoms with Crippen LogP contribution in [-0.4, -0.2) is 5.66 Å². The highest BCUT2D eigenvalue weighted by Gasteiger charge is 2.34. The second-order valence-electron chi connectivity index (χ2n) is 5.39. The van der Waals surface area contributed by atoms with Crippen LogP contribution >= 0.6 is 0 Å². The van der Waals surface area contributed by atoms with Gasteiger partial charge in [0.15, 0.2) is 0 Å². The average molecular weight is 170 g/mol. The van der Waals surface area contributed by atoms with Crippen molar-refractivity contribution >= 4 is 0 Å². The lowest BCUT2D eigenvalue weighted by Crippen LogP contribution is -2.54. The van der Waals surface area contributed by atoms with E-state index in [1.165, 1.54) is 12.8 Å². The molecule has 72 valence electrons. The molecule has 0 heterocycles. The van der Waals surface area contributed by atoms with Crippen LogP contribution in [0.3, 0.4) is 0 Å². The van der Waals surface area contributed by atoms with Crippen molar-refractivity contribution in [3.63, 3.8) is 0 Å². The first-order valence-corrected chi connectivity index (χ1v) is 4.89. The van der Waals surface area contributed by atoms with E-state index in [0.29, 0.717) is 11.3 Å². The van der Waals surface area contributed by atoms with E-state index in [2.05, 4.69) is 20.8 Å². The molecule has 0 bridgehead atoms. The highest BCUT2D eigenvalue weighted by Crippen LogP contribution is 2.39. The third-order valence-electron chi connectivity index (χ3n) is 3.05. The number of nitrogens with two attached hydrogens (primary N) is 2. The largest absolute Gasteiger partial charge is 0.313 e. The monoisotopic (exact) mass is 170 g/mol. The summed E-state index contributed by atoms with van der Waals surface area (Å²) in [5.74, 6) is 0.696. The Morgan fingerprint density at radius 3 is 2.17 bits per heavy atom. The van der Waals surface area contributed by atoms with Gasteiger partial charge >= 0.3 is 0 Å². The first-order valence-electron chi connectivity index (χ1n) is 4.89. The Bertz CT molecular complexity index is 152. The van der Waals surface area contributed by atoms with Gasteiger partial charge in [0, 0.05) is 0 Å². The molecule has 2 heteroatoms. The van der Waals surface area contributed by atoms with Crippen LogP contribution in [0.1, 0.15) is 46.5 Å². The fraction of sp³-hybridized carbons (Fsp3) is 1.00. The lowest BCUT2D eigenvalue weighted by molar-refractivity contribution is 0.125. The summed E-state index contributed by atoms with van der Waals surface area (Å²) < 4.78 is 0. The van der Waals surface area contributed by atoms with Crippen molar-refractivity contribution in [3.8, 4) is 0 Å². The third kappa shape index (κ3) is 2.46. The van der Waals surface area contributed by atoms with E-state index in [-0.39, 0.29) is 0 Å². The van der Waals surface area contributed by atoms with Crippen molar-refractivity contribution in [1.82, 2.24) is 0 Å². The van der Waals surface area contributed by atoms with E-state index in [1.54, 1.807) is 0 Å². The maximum Gasteiger partial charge on any atom is 0.0639 e. The molecule has 1 rings (SSSR count). The van der Waals surface area contributed by atoms with Gasteiger partial charge in [-0.3, -0.25) is 0 Å². The molecular weight excluding hydrogens is 148 g/mol. The lowest BCUT2D eigenvalue weighted by Gasteiger charge is -2.41. The molecule has 0 saturated heterocycles. The Balaban J connectivity index is 2.58. The number of hydrogen-bond donors (Lipinski definition) is 2. The van der Waals surface area contributed by atoms with E-state index in [0.717, 1.165) is 12.8 Å². The molecule has 1 aliphatic rings. The van der Waals surface area contributed by atoms with E-state index in [9.17, 15) is 0 Å². The first kappa shape index (κ1) is 10.0. The highest BCUT2D eigenvalue weighted by molar-refractivity contribution is 4.89. The molecule has 12 heavy (non-hydrogen) atoms. The molecule has 4 N–H and O–H groups in total. The Hall–Kier alpha value is -0.0800. The maximum atomic E-state index is 5.94. The molecule has 1 aliphatic carbocycles. The molecule has 1 saturated carbocycles. The van der Waals surface area contributed by atoms with Gasteiger partial charge < -0.3 is 11.5 Å². The topological polar surface area (TPSA) is 52.0 Å². The predicted molar refractivity (Wildman–Crippen MR) is 52.5 cm³/mol. The van der Waals surface area contributed by atoms with Crippen molar-refractivity contribution in [3.05, 3.63) is 0 Å². The van der Waals surface area contributed by atoms with Gasteiger partial charge in [-0.05, 0) is 37.0 Å². The van der Waals surface area contributed by atoms with Gasteiger partial charge in [0.25, 0.3) is 0 Å². The van der Waals surface area contributed by atoms with E-state index < -0.39 is 5.66 Å². The number of hydrogen-bond acceptors (Lipinski definition) is 2. The fourth-order valence-corrected chi connectivity index (χ4v) is 2.08. The van der Waals surface area contributed by atoms with Gasteiger partial charge in [0.1, 0.15) is 0 Å². The van der Waals surface area contributed by atoms with Crippen molar-refractivity contribution in [2.24, 2.45) is 22.8 Å². The van der Waals surface area contributed by atoms with Gasteiger partial charge in [-0.15, -0.1) is 0 Å². The summed E-state index contributed by atoms with van der Waals surface area (Å²) in [6, 6.07) is 0. The summed E-state index contributed by atoms with van der Waals surface area (Å²) in [6.07, 6.45) is 4.45. The van der Waals surface area contributed by atoms with Gasteiger partial charge in [0.05, 0.1) is 5.66 Å². The van der Waals surface area contributed by atoms with Crippen molar-refractivity contribution < 1.29 is 0 Å². The van der Waals surface area contributed by atoms with E-state index in [1.807, 2.05) is 0 Å². The van der Waals surface area contributed by atoms with Gasteiger partial charge in [0.2, 0.25) is 0 Å². The molecule has 0 spiro atoms. The van der Waals surface area contributed by atoms with Crippen molar-refractivity contribution in [2.45, 2.75) is 52.1 Å². The average Bonchev–Trinajstić information content (AvgIpc) is 1.83. The highest BCUT2D eigenvalue weighted by atomic mass is 15.0. The molecule has 0 amide bonds.